The highest BCUT2D eigenvalue weighted by atomic mass is 16.4. The van der Waals surface area contributed by atoms with Gasteiger partial charge in [0, 0.05) is 13.0 Å². The van der Waals surface area contributed by atoms with Crippen molar-refractivity contribution >= 4 is 11.9 Å². The van der Waals surface area contributed by atoms with Gasteiger partial charge in [-0.15, -0.1) is 0 Å². The summed E-state index contributed by atoms with van der Waals surface area (Å²) >= 11 is 0. The van der Waals surface area contributed by atoms with Crippen LogP contribution in [0.3, 0.4) is 0 Å². The van der Waals surface area contributed by atoms with E-state index in [1.54, 1.807) is 0 Å². The lowest BCUT2D eigenvalue weighted by Gasteiger charge is -2.21. The number of benzene rings is 1. The third-order valence-electron chi connectivity index (χ3n) is 3.73. The maximum Gasteiger partial charge on any atom is 0.326 e. The third-order valence-corrected chi connectivity index (χ3v) is 3.73. The summed E-state index contributed by atoms with van der Waals surface area (Å²) in [5.41, 5.74) is 2.98. The molecule has 2 N–H and O–H groups in total. The number of β-amino-alcohol motifs (C(OH)–C–C–N with tert-alkyl or cyclic N) is 1. The van der Waals surface area contributed by atoms with Gasteiger partial charge in [-0.3, -0.25) is 4.79 Å². The fourth-order valence-electron chi connectivity index (χ4n) is 2.58. The Balaban J connectivity index is 2.15. The molecular formula is C15H19NO4. The maximum absolute atomic E-state index is 12.3. The number of aryl methyl sites for hydroxylation is 2. The lowest BCUT2D eigenvalue weighted by atomic mass is 10.0. The second-order valence-electron chi connectivity index (χ2n) is 5.40. The SMILES string of the molecule is Cc1ccc(C)c(CC(=O)N2C[C@@H](O)C[C@H]2C(=O)O)c1. The number of aliphatic carboxylic acids is 1. The molecule has 0 bridgehead atoms. The van der Waals surface area contributed by atoms with Crippen LogP contribution >= 0.6 is 0 Å². The van der Waals surface area contributed by atoms with Crippen molar-refractivity contribution in [3.8, 4) is 0 Å². The molecule has 0 aromatic heterocycles. The standard InChI is InChI=1S/C15H19NO4/c1-9-3-4-10(2)11(5-9)6-14(18)16-8-12(17)7-13(16)15(19)20/h3-5,12-13,17H,6-8H2,1-2H3,(H,19,20)/t12-,13-/m0/s1. The van der Waals surface area contributed by atoms with Crippen LogP contribution < -0.4 is 0 Å². The van der Waals surface area contributed by atoms with Gasteiger partial charge in [0.1, 0.15) is 6.04 Å². The van der Waals surface area contributed by atoms with E-state index >= 15 is 0 Å². The zero-order valence-corrected chi connectivity index (χ0v) is 11.7. The number of nitrogens with zero attached hydrogens (tertiary/aromatic N) is 1. The Labute approximate surface area is 117 Å². The number of carboxylic acid groups (broad SMARTS) is 1. The van der Waals surface area contributed by atoms with Crippen molar-refractivity contribution in [2.24, 2.45) is 0 Å². The average molecular weight is 277 g/mol. The van der Waals surface area contributed by atoms with Gasteiger partial charge in [0.15, 0.2) is 0 Å². The molecule has 2 atom stereocenters. The molecule has 0 aliphatic carbocycles. The third kappa shape index (κ3) is 2.99. The average Bonchev–Trinajstić information content (AvgIpc) is 2.76. The van der Waals surface area contributed by atoms with Gasteiger partial charge in [-0.2, -0.15) is 0 Å². The highest BCUT2D eigenvalue weighted by Crippen LogP contribution is 2.20. The molecule has 2 rings (SSSR count). The number of rotatable bonds is 3. The van der Waals surface area contributed by atoms with Gasteiger partial charge in [0.2, 0.25) is 5.91 Å². The number of aliphatic hydroxyl groups excluding tert-OH is 1. The normalized spacial score (nSPS) is 22.1. The summed E-state index contributed by atoms with van der Waals surface area (Å²) in [4.78, 5) is 24.7. The first-order valence-electron chi connectivity index (χ1n) is 6.65. The molecule has 1 heterocycles. The lowest BCUT2D eigenvalue weighted by molar-refractivity contribution is -0.148. The minimum absolute atomic E-state index is 0.0979. The van der Waals surface area contributed by atoms with E-state index in [1.165, 1.54) is 4.90 Å². The smallest absolute Gasteiger partial charge is 0.326 e. The Morgan fingerprint density at radius 1 is 1.35 bits per heavy atom. The van der Waals surface area contributed by atoms with E-state index in [0.717, 1.165) is 16.7 Å². The molecule has 1 aromatic carbocycles. The van der Waals surface area contributed by atoms with E-state index in [1.807, 2.05) is 32.0 Å². The summed E-state index contributed by atoms with van der Waals surface area (Å²) in [6.45, 7) is 3.98. The second kappa shape index (κ2) is 5.63. The van der Waals surface area contributed by atoms with Crippen LogP contribution in [0.25, 0.3) is 0 Å². The molecule has 1 aliphatic heterocycles. The number of aliphatic hydroxyl groups is 1. The van der Waals surface area contributed by atoms with E-state index in [2.05, 4.69) is 0 Å². The molecule has 0 unspecified atom stereocenters. The fraction of sp³-hybridized carbons (Fsp3) is 0.467. The Hall–Kier alpha value is -1.88. The molecule has 20 heavy (non-hydrogen) atoms. The van der Waals surface area contributed by atoms with Crippen molar-refractivity contribution in [3.05, 3.63) is 34.9 Å². The van der Waals surface area contributed by atoms with Crippen molar-refractivity contribution < 1.29 is 19.8 Å². The van der Waals surface area contributed by atoms with Gasteiger partial charge < -0.3 is 15.1 Å². The first-order chi connectivity index (χ1) is 9.38. The van der Waals surface area contributed by atoms with Crippen molar-refractivity contribution in [3.63, 3.8) is 0 Å². The lowest BCUT2D eigenvalue weighted by Crippen LogP contribution is -2.41. The number of amides is 1. The van der Waals surface area contributed by atoms with Crippen LogP contribution in [0.4, 0.5) is 0 Å². The molecule has 1 aliphatic rings. The molecular weight excluding hydrogens is 258 g/mol. The minimum Gasteiger partial charge on any atom is -0.480 e. The Morgan fingerprint density at radius 2 is 2.05 bits per heavy atom. The molecule has 0 saturated carbocycles. The van der Waals surface area contributed by atoms with Crippen LogP contribution in [0.15, 0.2) is 18.2 Å². The zero-order valence-electron chi connectivity index (χ0n) is 11.7. The first-order valence-corrected chi connectivity index (χ1v) is 6.65. The van der Waals surface area contributed by atoms with Crippen molar-refractivity contribution in [1.82, 2.24) is 4.90 Å². The molecule has 1 amide bonds. The molecule has 0 radical (unpaired) electrons. The molecule has 1 aromatic rings. The fourth-order valence-corrected chi connectivity index (χ4v) is 2.58. The summed E-state index contributed by atoms with van der Waals surface area (Å²) in [5, 5.41) is 18.7. The summed E-state index contributed by atoms with van der Waals surface area (Å²) in [6, 6.07) is 4.95. The van der Waals surface area contributed by atoms with Crippen LogP contribution in [0.1, 0.15) is 23.1 Å². The van der Waals surface area contributed by atoms with E-state index in [-0.39, 0.29) is 25.3 Å². The molecule has 108 valence electrons. The quantitative estimate of drug-likeness (QED) is 0.860. The van der Waals surface area contributed by atoms with Gasteiger partial charge in [0.05, 0.1) is 12.5 Å². The number of hydrogen-bond donors (Lipinski definition) is 2. The summed E-state index contributed by atoms with van der Waals surface area (Å²) in [6.07, 6.45) is -0.476. The van der Waals surface area contributed by atoms with Crippen LogP contribution in [-0.4, -0.2) is 45.7 Å². The molecule has 1 saturated heterocycles. The maximum atomic E-state index is 12.3. The summed E-state index contributed by atoms with van der Waals surface area (Å²) in [5.74, 6) is -1.31. The highest BCUT2D eigenvalue weighted by molar-refractivity contribution is 5.86. The van der Waals surface area contributed by atoms with E-state index in [4.69, 9.17) is 5.11 Å². The van der Waals surface area contributed by atoms with Crippen LogP contribution in [0.2, 0.25) is 0 Å². The topological polar surface area (TPSA) is 77.8 Å². The van der Waals surface area contributed by atoms with Gasteiger partial charge in [-0.1, -0.05) is 23.8 Å². The number of likely N-dealkylation sites (tertiary alicyclic amines) is 1. The molecule has 0 spiro atoms. The molecule has 5 heteroatoms. The Morgan fingerprint density at radius 3 is 2.70 bits per heavy atom. The van der Waals surface area contributed by atoms with Gasteiger partial charge in [-0.25, -0.2) is 4.79 Å². The summed E-state index contributed by atoms with van der Waals surface area (Å²) < 4.78 is 0. The largest absolute Gasteiger partial charge is 0.480 e. The Bertz CT molecular complexity index is 541. The van der Waals surface area contributed by atoms with Crippen molar-refractivity contribution in [2.75, 3.05) is 6.54 Å². The monoisotopic (exact) mass is 277 g/mol. The zero-order chi connectivity index (χ0) is 14.9. The van der Waals surface area contributed by atoms with Gasteiger partial charge in [-0.05, 0) is 25.0 Å². The molecule has 5 nitrogen and oxygen atoms in total. The minimum atomic E-state index is -1.06. The van der Waals surface area contributed by atoms with Crippen LogP contribution in [0, 0.1) is 13.8 Å². The van der Waals surface area contributed by atoms with E-state index in [9.17, 15) is 14.7 Å². The van der Waals surface area contributed by atoms with Gasteiger partial charge >= 0.3 is 5.97 Å². The summed E-state index contributed by atoms with van der Waals surface area (Å²) in [7, 11) is 0. The van der Waals surface area contributed by atoms with Crippen LogP contribution in [0.5, 0.6) is 0 Å². The number of carbonyl (C=O) groups is 2. The van der Waals surface area contributed by atoms with E-state index in [0.29, 0.717) is 0 Å². The van der Waals surface area contributed by atoms with Crippen molar-refractivity contribution in [1.29, 1.82) is 0 Å². The van der Waals surface area contributed by atoms with E-state index < -0.39 is 18.1 Å². The van der Waals surface area contributed by atoms with Gasteiger partial charge in [0.25, 0.3) is 0 Å². The first kappa shape index (κ1) is 14.5. The predicted octanol–water partition coefficient (Wildman–Crippen LogP) is 0.892. The predicted molar refractivity (Wildman–Crippen MR) is 73.4 cm³/mol. The Kier molecular flexibility index (Phi) is 4.09. The van der Waals surface area contributed by atoms with Crippen molar-refractivity contribution in [2.45, 2.75) is 38.8 Å². The second-order valence-corrected chi connectivity index (χ2v) is 5.40. The number of carboxylic acids is 1. The number of carbonyl (C=O) groups excluding carboxylic acids is 1. The highest BCUT2D eigenvalue weighted by Gasteiger charge is 2.38. The van der Waals surface area contributed by atoms with Crippen LogP contribution in [-0.2, 0) is 16.0 Å². The molecule has 1 fully saturated rings. The number of hydrogen-bond acceptors (Lipinski definition) is 3.